The minimum atomic E-state index is -0.271. The second kappa shape index (κ2) is 8.10. The molecular weight excluding hydrogens is 424 g/mol. The molecule has 4 rings (SSSR count). The van der Waals surface area contributed by atoms with E-state index in [0.717, 1.165) is 10.0 Å². The van der Waals surface area contributed by atoms with Gasteiger partial charge >= 0.3 is 0 Å². The first-order valence-corrected chi connectivity index (χ1v) is 9.87. The summed E-state index contributed by atoms with van der Waals surface area (Å²) in [6.07, 6.45) is 5.55. The lowest BCUT2D eigenvalue weighted by Crippen LogP contribution is -2.32. The first-order chi connectivity index (χ1) is 13.6. The van der Waals surface area contributed by atoms with Crippen LogP contribution in [0, 0.1) is 5.92 Å². The Morgan fingerprint density at radius 1 is 1.25 bits per heavy atom. The van der Waals surface area contributed by atoms with Crippen molar-refractivity contribution in [2.75, 3.05) is 6.61 Å². The molecule has 1 aromatic carbocycles. The number of benzene rings is 1. The van der Waals surface area contributed by atoms with Gasteiger partial charge in [0.15, 0.2) is 0 Å². The van der Waals surface area contributed by atoms with Crippen molar-refractivity contribution >= 4 is 32.7 Å². The number of rotatable bonds is 7. The summed E-state index contributed by atoms with van der Waals surface area (Å²) in [5.74, 6) is 1.00. The fourth-order valence-corrected chi connectivity index (χ4v) is 3.10. The van der Waals surface area contributed by atoms with Crippen LogP contribution < -0.4 is 15.6 Å². The van der Waals surface area contributed by atoms with Crippen molar-refractivity contribution in [3.63, 3.8) is 0 Å². The first-order valence-electron chi connectivity index (χ1n) is 9.07. The normalized spacial score (nSPS) is 13.5. The molecule has 28 heavy (non-hydrogen) atoms. The Morgan fingerprint density at radius 2 is 2.11 bits per heavy atom. The van der Waals surface area contributed by atoms with Crippen molar-refractivity contribution in [2.24, 2.45) is 5.92 Å². The van der Waals surface area contributed by atoms with Crippen LogP contribution in [-0.4, -0.2) is 27.0 Å². The molecule has 1 aliphatic carbocycles. The highest BCUT2D eigenvalue weighted by Gasteiger charge is 2.22. The van der Waals surface area contributed by atoms with Gasteiger partial charge in [0, 0.05) is 23.3 Å². The molecule has 1 aliphatic rings. The molecule has 8 heteroatoms. The highest BCUT2D eigenvalue weighted by atomic mass is 79.9. The van der Waals surface area contributed by atoms with Crippen molar-refractivity contribution < 1.29 is 9.53 Å². The minimum absolute atomic E-state index is 0.0930. The summed E-state index contributed by atoms with van der Waals surface area (Å²) >= 11 is 3.35. The van der Waals surface area contributed by atoms with E-state index in [1.54, 1.807) is 24.4 Å². The molecule has 1 fully saturated rings. The van der Waals surface area contributed by atoms with Crippen LogP contribution in [0.4, 0.5) is 0 Å². The van der Waals surface area contributed by atoms with E-state index >= 15 is 0 Å². The molecule has 1 saturated carbocycles. The van der Waals surface area contributed by atoms with Gasteiger partial charge in [-0.2, -0.15) is 0 Å². The zero-order chi connectivity index (χ0) is 19.5. The van der Waals surface area contributed by atoms with E-state index in [0.29, 0.717) is 35.9 Å². The van der Waals surface area contributed by atoms with Gasteiger partial charge in [-0.1, -0.05) is 22.0 Å². The maximum absolute atomic E-state index is 12.5. The van der Waals surface area contributed by atoms with E-state index in [1.807, 2.05) is 12.1 Å². The van der Waals surface area contributed by atoms with Crippen LogP contribution in [0.5, 0.6) is 5.88 Å². The number of pyridine rings is 1. The van der Waals surface area contributed by atoms with Crippen molar-refractivity contribution in [3.05, 3.63) is 63.2 Å². The number of carbonyl (C=O) groups is 1. The number of ether oxygens (including phenoxy) is 1. The van der Waals surface area contributed by atoms with Gasteiger partial charge in [-0.15, -0.1) is 0 Å². The Labute approximate surface area is 169 Å². The van der Waals surface area contributed by atoms with Gasteiger partial charge in [0.1, 0.15) is 6.54 Å². The molecule has 0 aliphatic heterocycles. The Kier molecular flexibility index (Phi) is 5.38. The molecule has 2 aromatic heterocycles. The van der Waals surface area contributed by atoms with Crippen molar-refractivity contribution in [3.8, 4) is 5.88 Å². The molecule has 0 saturated heterocycles. The van der Waals surface area contributed by atoms with Gasteiger partial charge in [0.2, 0.25) is 11.8 Å². The number of nitrogens with one attached hydrogen (secondary N) is 1. The maximum atomic E-state index is 12.5. The van der Waals surface area contributed by atoms with Gasteiger partial charge in [-0.3, -0.25) is 14.2 Å². The molecular formula is C20H19BrN4O3. The molecule has 1 amide bonds. The number of hydrogen-bond donors (Lipinski definition) is 1. The standard InChI is InChI=1S/C20H19BrN4O3/c21-15-4-5-17-16(7-15)20(27)25(12-24-17)10-18(26)22-8-14-3-6-19(23-9-14)28-11-13-1-2-13/h3-7,9,12-13H,1-2,8,10-11H2,(H,22,26). The van der Waals surface area contributed by atoms with Crippen LogP contribution in [0.2, 0.25) is 0 Å². The van der Waals surface area contributed by atoms with Crippen LogP contribution in [-0.2, 0) is 17.9 Å². The summed E-state index contributed by atoms with van der Waals surface area (Å²) in [4.78, 5) is 33.3. The number of fused-ring (bicyclic) bond motifs is 1. The van der Waals surface area contributed by atoms with E-state index in [-0.39, 0.29) is 18.0 Å². The molecule has 0 spiro atoms. The fourth-order valence-electron chi connectivity index (χ4n) is 2.74. The zero-order valence-corrected chi connectivity index (χ0v) is 16.7. The van der Waals surface area contributed by atoms with Crippen LogP contribution in [0.25, 0.3) is 10.9 Å². The average Bonchev–Trinajstić information content (AvgIpc) is 3.53. The van der Waals surface area contributed by atoms with Gasteiger partial charge in [-0.05, 0) is 42.5 Å². The summed E-state index contributed by atoms with van der Waals surface area (Å²) in [6, 6.07) is 8.96. The van der Waals surface area contributed by atoms with Crippen LogP contribution in [0.15, 0.2) is 52.1 Å². The quantitative estimate of drug-likeness (QED) is 0.607. The molecule has 0 atom stereocenters. The topological polar surface area (TPSA) is 86.1 Å². The fraction of sp³-hybridized carbons (Fsp3) is 0.300. The Balaban J connectivity index is 1.34. The highest BCUT2D eigenvalue weighted by molar-refractivity contribution is 9.10. The lowest BCUT2D eigenvalue weighted by Gasteiger charge is -2.09. The Morgan fingerprint density at radius 3 is 2.86 bits per heavy atom. The number of amides is 1. The van der Waals surface area contributed by atoms with E-state index < -0.39 is 0 Å². The zero-order valence-electron chi connectivity index (χ0n) is 15.1. The first kappa shape index (κ1) is 18.6. The third-order valence-corrected chi connectivity index (χ3v) is 5.04. The van der Waals surface area contributed by atoms with E-state index in [2.05, 4.69) is 31.2 Å². The summed E-state index contributed by atoms with van der Waals surface area (Å²) in [6.45, 7) is 0.953. The van der Waals surface area contributed by atoms with Crippen LogP contribution in [0.1, 0.15) is 18.4 Å². The largest absolute Gasteiger partial charge is 0.477 e. The monoisotopic (exact) mass is 442 g/mol. The molecule has 144 valence electrons. The molecule has 0 unspecified atom stereocenters. The lowest BCUT2D eigenvalue weighted by molar-refractivity contribution is -0.121. The van der Waals surface area contributed by atoms with Crippen LogP contribution >= 0.6 is 15.9 Å². The van der Waals surface area contributed by atoms with Gasteiger partial charge in [-0.25, -0.2) is 9.97 Å². The van der Waals surface area contributed by atoms with E-state index in [9.17, 15) is 9.59 Å². The number of carbonyl (C=O) groups excluding carboxylic acids is 1. The predicted molar refractivity (Wildman–Crippen MR) is 108 cm³/mol. The summed E-state index contributed by atoms with van der Waals surface area (Å²) in [5.41, 5.74) is 1.21. The molecule has 0 radical (unpaired) electrons. The second-order valence-corrected chi connectivity index (χ2v) is 7.79. The minimum Gasteiger partial charge on any atom is -0.477 e. The van der Waals surface area contributed by atoms with Gasteiger partial charge < -0.3 is 10.1 Å². The maximum Gasteiger partial charge on any atom is 0.261 e. The van der Waals surface area contributed by atoms with Crippen molar-refractivity contribution in [1.82, 2.24) is 19.9 Å². The lowest BCUT2D eigenvalue weighted by atomic mass is 10.2. The Hall–Kier alpha value is -2.74. The average molecular weight is 443 g/mol. The van der Waals surface area contributed by atoms with Crippen molar-refractivity contribution in [1.29, 1.82) is 0 Å². The number of nitrogens with zero attached hydrogens (tertiary/aromatic N) is 3. The predicted octanol–water partition coefficient (Wildman–Crippen LogP) is 2.66. The molecule has 3 aromatic rings. The summed E-state index contributed by atoms with van der Waals surface area (Å²) in [7, 11) is 0. The number of aromatic nitrogens is 3. The SMILES string of the molecule is O=C(Cn1cnc2ccc(Br)cc2c1=O)NCc1ccc(OCC2CC2)nc1. The molecule has 0 bridgehead atoms. The number of halogens is 1. The molecule has 2 heterocycles. The van der Waals surface area contributed by atoms with Crippen LogP contribution in [0.3, 0.4) is 0 Å². The van der Waals surface area contributed by atoms with Gasteiger partial charge in [0.25, 0.3) is 5.56 Å². The second-order valence-electron chi connectivity index (χ2n) is 6.87. The molecule has 1 N–H and O–H groups in total. The number of hydrogen-bond acceptors (Lipinski definition) is 5. The summed E-state index contributed by atoms with van der Waals surface area (Å²) < 4.78 is 7.69. The third kappa shape index (κ3) is 4.56. The summed E-state index contributed by atoms with van der Waals surface area (Å²) in [5, 5.41) is 3.27. The van der Waals surface area contributed by atoms with E-state index in [4.69, 9.17) is 4.74 Å². The third-order valence-electron chi connectivity index (χ3n) is 4.55. The smallest absolute Gasteiger partial charge is 0.261 e. The van der Waals surface area contributed by atoms with E-state index in [1.165, 1.54) is 23.7 Å². The molecule has 7 nitrogen and oxygen atoms in total. The van der Waals surface area contributed by atoms with Crippen molar-refractivity contribution in [2.45, 2.75) is 25.9 Å². The van der Waals surface area contributed by atoms with Gasteiger partial charge in [0.05, 0.1) is 23.8 Å². The Bertz CT molecular complexity index is 1060. The highest BCUT2D eigenvalue weighted by Crippen LogP contribution is 2.29.